The average Bonchev–Trinajstić information content (AvgIpc) is 2.89. The molecule has 0 fully saturated rings. The van der Waals surface area contributed by atoms with Gasteiger partial charge < -0.3 is 0 Å². The maximum Gasteiger partial charge on any atom is 0.170 e. The maximum absolute atomic E-state index is 13.2. The standard InChI is InChI=1S/C15H12BrFOS/c16-12-8-9(4-5-13(12)17)15(18)11-2-1-3-14-10(11)6-7-19-14/h4-8,11H,1-3H2. The Kier molecular flexibility index (Phi) is 3.54. The van der Waals surface area contributed by atoms with Crippen LogP contribution in [0.15, 0.2) is 34.1 Å². The molecule has 1 unspecified atom stereocenters. The Morgan fingerprint density at radius 1 is 1.37 bits per heavy atom. The zero-order valence-electron chi connectivity index (χ0n) is 10.2. The number of fused-ring (bicyclic) bond motifs is 1. The smallest absolute Gasteiger partial charge is 0.170 e. The minimum Gasteiger partial charge on any atom is -0.293 e. The normalized spacial score (nSPS) is 18.1. The third-order valence-electron chi connectivity index (χ3n) is 3.57. The first-order valence-electron chi connectivity index (χ1n) is 6.22. The molecule has 1 nitrogen and oxygen atoms in total. The Morgan fingerprint density at radius 2 is 2.21 bits per heavy atom. The van der Waals surface area contributed by atoms with E-state index in [0.29, 0.717) is 10.0 Å². The summed E-state index contributed by atoms with van der Waals surface area (Å²) in [5.74, 6) is -0.302. The number of carbonyl (C=O) groups excluding carboxylic acids is 1. The molecule has 4 heteroatoms. The molecular weight excluding hydrogens is 327 g/mol. The summed E-state index contributed by atoms with van der Waals surface area (Å²) >= 11 is 4.86. The number of benzene rings is 1. The average molecular weight is 339 g/mol. The lowest BCUT2D eigenvalue weighted by Crippen LogP contribution is -2.17. The van der Waals surface area contributed by atoms with Crippen LogP contribution < -0.4 is 0 Å². The third-order valence-corrected chi connectivity index (χ3v) is 5.18. The van der Waals surface area contributed by atoms with Crippen LogP contribution in [-0.4, -0.2) is 5.78 Å². The van der Waals surface area contributed by atoms with E-state index in [1.54, 1.807) is 23.5 Å². The van der Waals surface area contributed by atoms with E-state index in [0.717, 1.165) is 19.3 Å². The molecule has 0 saturated carbocycles. The van der Waals surface area contributed by atoms with Crippen molar-refractivity contribution in [2.45, 2.75) is 25.2 Å². The summed E-state index contributed by atoms with van der Waals surface area (Å²) in [4.78, 5) is 13.9. The fourth-order valence-electron chi connectivity index (χ4n) is 2.61. The fourth-order valence-corrected chi connectivity index (χ4v) is 3.98. The number of carbonyl (C=O) groups is 1. The second-order valence-electron chi connectivity index (χ2n) is 4.74. The van der Waals surface area contributed by atoms with Crippen LogP contribution in [0.3, 0.4) is 0 Å². The molecule has 1 atom stereocenters. The van der Waals surface area contributed by atoms with Gasteiger partial charge in [-0.15, -0.1) is 11.3 Å². The highest BCUT2D eigenvalue weighted by atomic mass is 79.9. The first-order chi connectivity index (χ1) is 9.16. The number of rotatable bonds is 2. The van der Waals surface area contributed by atoms with Gasteiger partial charge in [0, 0.05) is 16.4 Å². The van der Waals surface area contributed by atoms with Gasteiger partial charge in [0.25, 0.3) is 0 Å². The monoisotopic (exact) mass is 338 g/mol. The Morgan fingerprint density at radius 3 is 3.00 bits per heavy atom. The number of halogens is 2. The number of Topliss-reactive ketones (excluding diaryl/α,β-unsaturated/α-hetero) is 1. The van der Waals surface area contributed by atoms with Gasteiger partial charge in [0.2, 0.25) is 0 Å². The van der Waals surface area contributed by atoms with E-state index in [9.17, 15) is 9.18 Å². The van der Waals surface area contributed by atoms with Crippen molar-refractivity contribution in [2.75, 3.05) is 0 Å². The van der Waals surface area contributed by atoms with E-state index in [1.165, 1.54) is 16.5 Å². The van der Waals surface area contributed by atoms with Gasteiger partial charge in [0.05, 0.1) is 4.47 Å². The SMILES string of the molecule is O=C(c1ccc(F)c(Br)c1)C1CCCc2sccc21. The summed E-state index contributed by atoms with van der Waals surface area (Å²) < 4.78 is 13.6. The number of hydrogen-bond acceptors (Lipinski definition) is 2. The maximum atomic E-state index is 13.2. The van der Waals surface area contributed by atoms with Crippen LogP contribution in [0.4, 0.5) is 4.39 Å². The van der Waals surface area contributed by atoms with E-state index in [1.807, 2.05) is 0 Å². The highest BCUT2D eigenvalue weighted by Gasteiger charge is 2.28. The summed E-state index contributed by atoms with van der Waals surface area (Å²) in [6.07, 6.45) is 3.01. The molecule has 0 N–H and O–H groups in total. The van der Waals surface area contributed by atoms with Crippen molar-refractivity contribution in [1.29, 1.82) is 0 Å². The largest absolute Gasteiger partial charge is 0.293 e. The van der Waals surface area contributed by atoms with Crippen LogP contribution in [0, 0.1) is 5.82 Å². The Labute approximate surface area is 123 Å². The Bertz CT molecular complexity index is 635. The van der Waals surface area contributed by atoms with Crippen molar-refractivity contribution in [1.82, 2.24) is 0 Å². The molecule has 1 heterocycles. The molecule has 19 heavy (non-hydrogen) atoms. The summed E-state index contributed by atoms with van der Waals surface area (Å²) in [6.45, 7) is 0. The zero-order chi connectivity index (χ0) is 13.4. The van der Waals surface area contributed by atoms with Gasteiger partial charge in [-0.25, -0.2) is 4.39 Å². The van der Waals surface area contributed by atoms with Gasteiger partial charge in [-0.3, -0.25) is 4.79 Å². The second-order valence-corrected chi connectivity index (χ2v) is 6.59. The van der Waals surface area contributed by atoms with E-state index in [-0.39, 0.29) is 17.5 Å². The summed E-state index contributed by atoms with van der Waals surface area (Å²) in [5.41, 5.74) is 1.75. The molecule has 1 aromatic carbocycles. The van der Waals surface area contributed by atoms with Crippen molar-refractivity contribution >= 4 is 33.0 Å². The van der Waals surface area contributed by atoms with E-state index < -0.39 is 0 Å². The first kappa shape index (κ1) is 13.0. The van der Waals surface area contributed by atoms with Crippen molar-refractivity contribution in [3.63, 3.8) is 0 Å². The summed E-state index contributed by atoms with van der Waals surface area (Å²) in [6, 6.07) is 6.55. The quantitative estimate of drug-likeness (QED) is 0.708. The van der Waals surface area contributed by atoms with Gasteiger partial charge in [0.1, 0.15) is 5.82 Å². The molecule has 0 radical (unpaired) electrons. The Balaban J connectivity index is 1.95. The van der Waals surface area contributed by atoms with Gasteiger partial charge >= 0.3 is 0 Å². The predicted octanol–water partition coefficient (Wildman–Crippen LogP) is 4.95. The molecule has 1 aliphatic carbocycles. The third kappa shape index (κ3) is 2.39. The van der Waals surface area contributed by atoms with Crippen LogP contribution >= 0.6 is 27.3 Å². The molecule has 0 aliphatic heterocycles. The molecule has 0 amide bonds. The molecule has 3 rings (SSSR count). The molecular formula is C15H12BrFOS. The lowest BCUT2D eigenvalue weighted by atomic mass is 9.82. The highest BCUT2D eigenvalue weighted by Crippen LogP contribution is 2.37. The lowest BCUT2D eigenvalue weighted by Gasteiger charge is -2.21. The molecule has 1 aromatic heterocycles. The number of hydrogen-bond donors (Lipinski definition) is 0. The first-order valence-corrected chi connectivity index (χ1v) is 7.89. The zero-order valence-corrected chi connectivity index (χ0v) is 12.6. The van der Waals surface area contributed by atoms with Crippen molar-refractivity contribution in [3.8, 4) is 0 Å². The molecule has 98 valence electrons. The van der Waals surface area contributed by atoms with E-state index in [4.69, 9.17) is 0 Å². The number of ketones is 1. The minimum absolute atomic E-state index is 0.0626. The lowest BCUT2D eigenvalue weighted by molar-refractivity contribution is 0.0951. The second kappa shape index (κ2) is 5.17. The topological polar surface area (TPSA) is 17.1 Å². The molecule has 2 aromatic rings. The van der Waals surface area contributed by atoms with Gasteiger partial charge in [-0.2, -0.15) is 0 Å². The van der Waals surface area contributed by atoms with Crippen LogP contribution in [0.25, 0.3) is 0 Å². The summed E-state index contributed by atoms with van der Waals surface area (Å²) in [7, 11) is 0. The molecule has 0 saturated heterocycles. The van der Waals surface area contributed by atoms with Gasteiger partial charge in [-0.05, 0) is 70.4 Å². The molecule has 1 aliphatic rings. The molecule has 0 bridgehead atoms. The van der Waals surface area contributed by atoms with Crippen LogP contribution in [0.1, 0.15) is 39.6 Å². The number of thiophene rings is 1. The summed E-state index contributed by atoms with van der Waals surface area (Å²) in [5, 5.41) is 2.05. The van der Waals surface area contributed by atoms with Crippen LogP contribution in [-0.2, 0) is 6.42 Å². The fraction of sp³-hybridized carbons (Fsp3) is 0.267. The van der Waals surface area contributed by atoms with Crippen LogP contribution in [0.2, 0.25) is 0 Å². The molecule has 0 spiro atoms. The van der Waals surface area contributed by atoms with Gasteiger partial charge in [-0.1, -0.05) is 0 Å². The predicted molar refractivity (Wildman–Crippen MR) is 78.4 cm³/mol. The van der Waals surface area contributed by atoms with E-state index >= 15 is 0 Å². The van der Waals surface area contributed by atoms with Crippen molar-refractivity contribution in [3.05, 3.63) is 55.9 Å². The number of aryl methyl sites for hydroxylation is 1. The van der Waals surface area contributed by atoms with E-state index in [2.05, 4.69) is 27.4 Å². The Hall–Kier alpha value is -1.00. The van der Waals surface area contributed by atoms with Crippen LogP contribution in [0.5, 0.6) is 0 Å². The minimum atomic E-state index is -0.337. The van der Waals surface area contributed by atoms with Crippen molar-refractivity contribution in [2.24, 2.45) is 0 Å². The highest BCUT2D eigenvalue weighted by molar-refractivity contribution is 9.10. The van der Waals surface area contributed by atoms with Crippen molar-refractivity contribution < 1.29 is 9.18 Å². The van der Waals surface area contributed by atoms with Gasteiger partial charge in [0.15, 0.2) is 5.78 Å².